The van der Waals surface area contributed by atoms with Crippen molar-refractivity contribution < 1.29 is 9.53 Å². The summed E-state index contributed by atoms with van der Waals surface area (Å²) >= 11 is 0. The Balaban J connectivity index is 1.69. The van der Waals surface area contributed by atoms with Crippen LogP contribution in [-0.2, 0) is 11.3 Å². The molecule has 1 aliphatic rings. The highest BCUT2D eigenvalue weighted by Gasteiger charge is 2.22. The van der Waals surface area contributed by atoms with Crippen molar-refractivity contribution in [2.24, 2.45) is 0 Å². The number of fused-ring (bicyclic) bond motifs is 1. The van der Waals surface area contributed by atoms with Gasteiger partial charge < -0.3 is 9.64 Å². The zero-order chi connectivity index (χ0) is 17.1. The lowest BCUT2D eigenvalue weighted by Crippen LogP contribution is -2.48. The van der Waals surface area contributed by atoms with E-state index in [0.29, 0.717) is 31.9 Å². The molecular weight excluding hydrogens is 308 g/mol. The number of aromatic nitrogens is 2. The highest BCUT2D eigenvalue weighted by molar-refractivity contribution is 5.67. The van der Waals surface area contributed by atoms with E-state index in [1.165, 1.54) is 0 Å². The second-order valence-electron chi connectivity index (χ2n) is 5.93. The molecule has 0 aromatic carbocycles. The number of carbonyl (C=O) groups is 1. The molecule has 1 saturated heterocycles. The van der Waals surface area contributed by atoms with Crippen molar-refractivity contribution in [2.45, 2.75) is 20.4 Å². The van der Waals surface area contributed by atoms with E-state index in [0.717, 1.165) is 24.3 Å². The quantitative estimate of drug-likeness (QED) is 0.848. The third-order valence-corrected chi connectivity index (χ3v) is 4.22. The fraction of sp³-hybridized carbons (Fsp3) is 0.471. The molecule has 0 aliphatic carbocycles. The van der Waals surface area contributed by atoms with Crippen LogP contribution in [0.15, 0.2) is 29.2 Å². The number of carbonyl (C=O) groups excluding carboxylic acids is 1. The maximum absolute atomic E-state index is 12.2. The molecular formula is C17H22N4O3. The summed E-state index contributed by atoms with van der Waals surface area (Å²) < 4.78 is 6.59. The summed E-state index contributed by atoms with van der Waals surface area (Å²) in [6.07, 6.45) is 1.48. The van der Waals surface area contributed by atoms with Crippen molar-refractivity contribution in [1.29, 1.82) is 0 Å². The smallest absolute Gasteiger partial charge is 0.409 e. The summed E-state index contributed by atoms with van der Waals surface area (Å²) in [5.74, 6) is 0. The molecule has 2 aromatic heterocycles. The third kappa shape index (κ3) is 3.41. The first kappa shape index (κ1) is 16.4. The Morgan fingerprint density at radius 1 is 1.29 bits per heavy atom. The van der Waals surface area contributed by atoms with Crippen molar-refractivity contribution in [2.75, 3.05) is 32.8 Å². The molecule has 1 aliphatic heterocycles. The Kier molecular flexibility index (Phi) is 4.80. The first-order valence-corrected chi connectivity index (χ1v) is 8.20. The largest absolute Gasteiger partial charge is 0.450 e. The highest BCUT2D eigenvalue weighted by atomic mass is 16.6. The number of hydrogen-bond donors (Lipinski definition) is 0. The number of ether oxygens (including phenoxy) is 1. The van der Waals surface area contributed by atoms with Crippen molar-refractivity contribution in [1.82, 2.24) is 19.2 Å². The van der Waals surface area contributed by atoms with Crippen molar-refractivity contribution >= 4 is 11.7 Å². The van der Waals surface area contributed by atoms with Gasteiger partial charge in [0.2, 0.25) is 0 Å². The normalized spacial score (nSPS) is 15.7. The minimum Gasteiger partial charge on any atom is -0.450 e. The van der Waals surface area contributed by atoms with Crippen LogP contribution in [0.2, 0.25) is 0 Å². The molecule has 24 heavy (non-hydrogen) atoms. The summed E-state index contributed by atoms with van der Waals surface area (Å²) in [7, 11) is 0. The van der Waals surface area contributed by atoms with E-state index in [4.69, 9.17) is 4.74 Å². The first-order valence-electron chi connectivity index (χ1n) is 8.20. The van der Waals surface area contributed by atoms with Gasteiger partial charge in [0.05, 0.1) is 12.3 Å². The standard InChI is InChI=1S/C17H22N4O3/c1-3-24-17(23)20-9-7-19(8-10-20)12-14-11-15(22)21-6-4-5-13(2)16(21)18-14/h4-6,11H,3,7-10,12H2,1-2H3. The van der Waals surface area contributed by atoms with Crippen molar-refractivity contribution in [3.8, 4) is 0 Å². The summed E-state index contributed by atoms with van der Waals surface area (Å²) in [6, 6.07) is 5.38. The van der Waals surface area contributed by atoms with Gasteiger partial charge in [-0.15, -0.1) is 0 Å². The van der Waals surface area contributed by atoms with Crippen LogP contribution >= 0.6 is 0 Å². The molecule has 0 N–H and O–H groups in total. The van der Waals surface area contributed by atoms with Gasteiger partial charge in [0.25, 0.3) is 5.56 Å². The van der Waals surface area contributed by atoms with E-state index in [1.54, 1.807) is 28.5 Å². The molecule has 2 aromatic rings. The molecule has 0 spiro atoms. The second-order valence-corrected chi connectivity index (χ2v) is 5.93. The zero-order valence-electron chi connectivity index (χ0n) is 14.1. The molecule has 7 heteroatoms. The number of hydrogen-bond acceptors (Lipinski definition) is 5. The van der Waals surface area contributed by atoms with Gasteiger partial charge in [-0.3, -0.25) is 14.1 Å². The number of rotatable bonds is 3. The maximum atomic E-state index is 12.2. The summed E-state index contributed by atoms with van der Waals surface area (Å²) in [5.41, 5.74) is 2.37. The van der Waals surface area contributed by atoms with Gasteiger partial charge in [-0.1, -0.05) is 6.07 Å². The van der Waals surface area contributed by atoms with Crippen molar-refractivity contribution in [3.63, 3.8) is 0 Å². The summed E-state index contributed by atoms with van der Waals surface area (Å²) in [6.45, 7) is 7.50. The highest BCUT2D eigenvalue weighted by Crippen LogP contribution is 2.10. The van der Waals surface area contributed by atoms with Crippen LogP contribution in [0, 0.1) is 6.92 Å². The van der Waals surface area contributed by atoms with Crippen LogP contribution in [0.1, 0.15) is 18.2 Å². The number of piperazine rings is 1. The molecule has 0 atom stereocenters. The first-order chi connectivity index (χ1) is 11.6. The average Bonchev–Trinajstić information content (AvgIpc) is 2.57. The molecule has 3 rings (SSSR count). The van der Waals surface area contributed by atoms with E-state index in [2.05, 4.69) is 9.88 Å². The molecule has 0 unspecified atom stereocenters. The predicted molar refractivity (Wildman–Crippen MR) is 90.1 cm³/mol. The monoisotopic (exact) mass is 330 g/mol. The molecule has 0 saturated carbocycles. The molecule has 0 bridgehead atoms. The van der Waals surface area contributed by atoms with Gasteiger partial charge >= 0.3 is 6.09 Å². The SMILES string of the molecule is CCOC(=O)N1CCN(Cc2cc(=O)n3cccc(C)c3n2)CC1. The lowest BCUT2D eigenvalue weighted by Gasteiger charge is -2.33. The van der Waals surface area contributed by atoms with Crippen LogP contribution in [0.5, 0.6) is 0 Å². The fourth-order valence-corrected chi connectivity index (χ4v) is 2.92. The Morgan fingerprint density at radius 2 is 2.04 bits per heavy atom. The van der Waals surface area contributed by atoms with E-state index in [9.17, 15) is 9.59 Å². The van der Waals surface area contributed by atoms with E-state index in [-0.39, 0.29) is 11.7 Å². The second kappa shape index (κ2) is 7.00. The Hall–Kier alpha value is -2.41. The van der Waals surface area contributed by atoms with Gasteiger partial charge in [-0.2, -0.15) is 0 Å². The van der Waals surface area contributed by atoms with E-state index in [1.807, 2.05) is 19.1 Å². The lowest BCUT2D eigenvalue weighted by atomic mass is 10.2. The van der Waals surface area contributed by atoms with Crippen molar-refractivity contribution in [3.05, 3.63) is 46.0 Å². The van der Waals surface area contributed by atoms with Crippen LogP contribution < -0.4 is 5.56 Å². The Morgan fingerprint density at radius 3 is 2.75 bits per heavy atom. The molecule has 1 fully saturated rings. The topological polar surface area (TPSA) is 67.2 Å². The number of nitrogens with zero attached hydrogens (tertiary/aromatic N) is 4. The van der Waals surface area contributed by atoms with E-state index >= 15 is 0 Å². The van der Waals surface area contributed by atoms with Gasteiger partial charge in [0.1, 0.15) is 5.65 Å². The van der Waals surface area contributed by atoms with Crippen LogP contribution in [0.25, 0.3) is 5.65 Å². The van der Waals surface area contributed by atoms with Crippen LogP contribution in [0.4, 0.5) is 4.79 Å². The Bertz CT molecular complexity index is 794. The molecule has 3 heterocycles. The Labute approximate surface area is 140 Å². The summed E-state index contributed by atoms with van der Waals surface area (Å²) in [4.78, 5) is 32.5. The van der Waals surface area contributed by atoms with Crippen LogP contribution in [-0.4, -0.2) is 58.1 Å². The maximum Gasteiger partial charge on any atom is 0.409 e. The van der Waals surface area contributed by atoms with Gasteiger partial charge in [0, 0.05) is 45.0 Å². The van der Waals surface area contributed by atoms with Gasteiger partial charge in [-0.05, 0) is 25.5 Å². The average molecular weight is 330 g/mol. The minimum atomic E-state index is -0.255. The minimum absolute atomic E-state index is 0.0659. The third-order valence-electron chi connectivity index (χ3n) is 4.22. The molecule has 0 radical (unpaired) electrons. The lowest BCUT2D eigenvalue weighted by molar-refractivity contribution is 0.0775. The molecule has 1 amide bonds. The number of amides is 1. The number of aryl methyl sites for hydroxylation is 1. The zero-order valence-corrected chi connectivity index (χ0v) is 14.1. The van der Waals surface area contributed by atoms with Gasteiger partial charge in [0.15, 0.2) is 0 Å². The van der Waals surface area contributed by atoms with E-state index < -0.39 is 0 Å². The number of pyridine rings is 1. The fourth-order valence-electron chi connectivity index (χ4n) is 2.92. The molecule has 128 valence electrons. The van der Waals surface area contributed by atoms with Crippen LogP contribution in [0.3, 0.4) is 0 Å². The van der Waals surface area contributed by atoms with Gasteiger partial charge in [-0.25, -0.2) is 9.78 Å². The predicted octanol–water partition coefficient (Wildman–Crippen LogP) is 1.28. The molecule has 7 nitrogen and oxygen atoms in total. The summed E-state index contributed by atoms with van der Waals surface area (Å²) in [5, 5.41) is 0.